The Hall–Kier alpha value is -1.54. The Bertz CT molecular complexity index is 511. The molecule has 16 heavy (non-hydrogen) atoms. The highest BCUT2D eigenvalue weighted by Crippen LogP contribution is 2.31. The van der Waals surface area contributed by atoms with Gasteiger partial charge in [0.15, 0.2) is 0 Å². The van der Waals surface area contributed by atoms with Crippen molar-refractivity contribution >= 4 is 26.7 Å². The van der Waals surface area contributed by atoms with Gasteiger partial charge >= 0.3 is 6.36 Å². The van der Waals surface area contributed by atoms with Crippen LogP contribution >= 0.6 is 11.3 Å². The topological polar surface area (TPSA) is 54.4 Å². The highest BCUT2D eigenvalue weighted by atomic mass is 32.1. The number of nitrogens with zero attached hydrogens (tertiary/aromatic N) is 1. The minimum Gasteiger partial charge on any atom is -0.406 e. The van der Waals surface area contributed by atoms with Crippen molar-refractivity contribution in [2.45, 2.75) is 6.36 Å². The fraction of sp³-hybridized carbons (Fsp3) is 0.125. The van der Waals surface area contributed by atoms with Gasteiger partial charge in [0.2, 0.25) is 5.13 Å². The van der Waals surface area contributed by atoms with E-state index in [-0.39, 0.29) is 10.9 Å². The molecule has 1 heterocycles. The zero-order valence-corrected chi connectivity index (χ0v) is 8.39. The molecule has 0 aliphatic rings. The minimum absolute atomic E-state index is 0.208. The quantitative estimate of drug-likeness (QED) is 0.804. The summed E-state index contributed by atoms with van der Waals surface area (Å²) in [5, 5.41) is 8.79. The minimum atomic E-state index is -4.71. The summed E-state index contributed by atoms with van der Waals surface area (Å²) in [4.78, 5) is 3.89. The molecule has 0 aliphatic carbocycles. The Morgan fingerprint density at radius 1 is 1.38 bits per heavy atom. The van der Waals surface area contributed by atoms with Crippen LogP contribution < -0.4 is 10.2 Å². The molecule has 0 saturated heterocycles. The third-order valence-electron chi connectivity index (χ3n) is 1.69. The second-order valence-corrected chi connectivity index (χ2v) is 3.84. The van der Waals surface area contributed by atoms with E-state index in [2.05, 4.69) is 9.72 Å². The van der Waals surface area contributed by atoms with Gasteiger partial charge in [-0.3, -0.25) is 5.21 Å². The molecule has 0 unspecified atom stereocenters. The first kappa shape index (κ1) is 11.0. The summed E-state index contributed by atoms with van der Waals surface area (Å²) in [6, 6.07) is 3.76. The van der Waals surface area contributed by atoms with E-state index in [0.717, 1.165) is 17.4 Å². The molecule has 0 radical (unpaired) electrons. The lowest BCUT2D eigenvalue weighted by Gasteiger charge is -2.07. The zero-order chi connectivity index (χ0) is 11.8. The van der Waals surface area contributed by atoms with Crippen molar-refractivity contribution in [3.05, 3.63) is 18.2 Å². The molecule has 4 nitrogen and oxygen atoms in total. The molecule has 0 aliphatic heterocycles. The number of aromatic nitrogens is 1. The first-order valence-electron chi connectivity index (χ1n) is 4.04. The molecule has 1 aromatic heterocycles. The van der Waals surface area contributed by atoms with E-state index in [4.69, 9.17) is 5.21 Å². The van der Waals surface area contributed by atoms with Gasteiger partial charge in [-0.25, -0.2) is 10.5 Å². The summed E-state index contributed by atoms with van der Waals surface area (Å²) in [5.41, 5.74) is 2.31. The first-order valence-corrected chi connectivity index (χ1v) is 4.86. The van der Waals surface area contributed by atoms with Crippen LogP contribution in [0.25, 0.3) is 10.2 Å². The Morgan fingerprint density at radius 3 is 2.75 bits per heavy atom. The lowest BCUT2D eigenvalue weighted by Crippen LogP contribution is -2.16. The summed E-state index contributed by atoms with van der Waals surface area (Å²) in [6.07, 6.45) is -4.71. The maximum absolute atomic E-state index is 11.9. The number of halogens is 3. The monoisotopic (exact) mass is 250 g/mol. The highest BCUT2D eigenvalue weighted by Gasteiger charge is 2.31. The smallest absolute Gasteiger partial charge is 0.406 e. The van der Waals surface area contributed by atoms with E-state index in [0.29, 0.717) is 10.2 Å². The number of ether oxygens (including phenoxy) is 1. The Labute approximate surface area is 91.2 Å². The molecule has 86 valence electrons. The summed E-state index contributed by atoms with van der Waals surface area (Å²) >= 11 is 1.02. The van der Waals surface area contributed by atoms with Gasteiger partial charge in [-0.2, -0.15) is 0 Å². The fourth-order valence-electron chi connectivity index (χ4n) is 1.15. The molecule has 0 fully saturated rings. The van der Waals surface area contributed by atoms with E-state index in [1.54, 1.807) is 0 Å². The van der Waals surface area contributed by atoms with E-state index < -0.39 is 6.36 Å². The maximum Gasteiger partial charge on any atom is 0.573 e. The van der Waals surface area contributed by atoms with Crippen molar-refractivity contribution in [3.8, 4) is 5.75 Å². The molecular weight excluding hydrogens is 245 g/mol. The van der Waals surface area contributed by atoms with Crippen LogP contribution in [0.5, 0.6) is 5.75 Å². The van der Waals surface area contributed by atoms with Crippen LogP contribution in [-0.4, -0.2) is 16.6 Å². The molecule has 2 aromatic rings. The van der Waals surface area contributed by atoms with Gasteiger partial charge in [-0.1, -0.05) is 11.3 Å². The molecule has 0 amide bonds. The number of hydrogen-bond donors (Lipinski definition) is 2. The lowest BCUT2D eigenvalue weighted by molar-refractivity contribution is -0.274. The summed E-state index contributed by atoms with van der Waals surface area (Å²) in [6.45, 7) is 0. The number of anilines is 1. The van der Waals surface area contributed by atoms with Gasteiger partial charge in [0.1, 0.15) is 5.75 Å². The van der Waals surface area contributed by atoms with Gasteiger partial charge in [0.25, 0.3) is 0 Å². The summed E-state index contributed by atoms with van der Waals surface area (Å²) < 4.78 is 40.0. The number of fused-ring (bicyclic) bond motifs is 1. The maximum atomic E-state index is 11.9. The largest absolute Gasteiger partial charge is 0.573 e. The Balaban J connectivity index is 2.36. The van der Waals surface area contributed by atoms with E-state index in [1.165, 1.54) is 12.1 Å². The number of thiazole rings is 1. The van der Waals surface area contributed by atoms with Crippen LogP contribution in [0.4, 0.5) is 18.3 Å². The average Bonchev–Trinajstić information content (AvgIpc) is 2.57. The third kappa shape index (κ3) is 2.34. The van der Waals surface area contributed by atoms with Crippen LogP contribution in [-0.2, 0) is 0 Å². The van der Waals surface area contributed by atoms with Crippen LogP contribution in [0.3, 0.4) is 0 Å². The van der Waals surface area contributed by atoms with Crippen LogP contribution in [0, 0.1) is 0 Å². The molecule has 0 spiro atoms. The zero-order valence-electron chi connectivity index (χ0n) is 7.58. The van der Waals surface area contributed by atoms with Gasteiger partial charge in [0, 0.05) is 6.07 Å². The number of benzene rings is 1. The molecule has 1 aromatic carbocycles. The highest BCUT2D eigenvalue weighted by molar-refractivity contribution is 7.22. The normalized spacial score (nSPS) is 11.8. The van der Waals surface area contributed by atoms with Gasteiger partial charge in [-0.05, 0) is 12.1 Å². The second kappa shape index (κ2) is 3.80. The predicted molar refractivity (Wildman–Crippen MR) is 51.7 cm³/mol. The van der Waals surface area contributed by atoms with E-state index >= 15 is 0 Å². The standard InChI is InChI=1S/C8H5F3N2O2S/c9-8(10,11)15-4-1-2-5-6(3-4)16-7(12-5)13-14/h1-3,14H,(H,12,13). The van der Waals surface area contributed by atoms with Crippen LogP contribution in [0.2, 0.25) is 0 Å². The Morgan fingerprint density at radius 2 is 2.12 bits per heavy atom. The molecule has 2 N–H and O–H groups in total. The first-order chi connectivity index (χ1) is 7.48. The molecule has 0 atom stereocenters. The van der Waals surface area contributed by atoms with Crippen LogP contribution in [0.1, 0.15) is 0 Å². The van der Waals surface area contributed by atoms with Gasteiger partial charge in [0.05, 0.1) is 10.2 Å². The SMILES string of the molecule is ONc1nc2ccc(OC(F)(F)F)cc2s1. The second-order valence-electron chi connectivity index (χ2n) is 2.81. The van der Waals surface area contributed by atoms with Crippen molar-refractivity contribution in [3.63, 3.8) is 0 Å². The van der Waals surface area contributed by atoms with Crippen molar-refractivity contribution in [2.24, 2.45) is 0 Å². The molecule has 0 bridgehead atoms. The molecule has 8 heteroatoms. The van der Waals surface area contributed by atoms with Crippen molar-refractivity contribution in [1.82, 2.24) is 4.98 Å². The number of hydrogen-bond acceptors (Lipinski definition) is 5. The van der Waals surface area contributed by atoms with Crippen LogP contribution in [0.15, 0.2) is 18.2 Å². The molecule has 0 saturated carbocycles. The summed E-state index contributed by atoms with van der Waals surface area (Å²) in [5.74, 6) is -0.312. The average molecular weight is 250 g/mol. The number of rotatable bonds is 2. The van der Waals surface area contributed by atoms with E-state index in [1.807, 2.05) is 5.48 Å². The van der Waals surface area contributed by atoms with Crippen molar-refractivity contribution in [1.29, 1.82) is 0 Å². The van der Waals surface area contributed by atoms with Gasteiger partial charge < -0.3 is 4.74 Å². The lowest BCUT2D eigenvalue weighted by atomic mass is 10.3. The van der Waals surface area contributed by atoms with Crippen molar-refractivity contribution in [2.75, 3.05) is 5.48 Å². The molecular formula is C8H5F3N2O2S. The predicted octanol–water partition coefficient (Wildman–Crippen LogP) is 3.00. The molecule has 2 rings (SSSR count). The fourth-order valence-corrected chi connectivity index (χ4v) is 1.94. The van der Waals surface area contributed by atoms with E-state index in [9.17, 15) is 13.2 Å². The Kier molecular flexibility index (Phi) is 2.60. The van der Waals surface area contributed by atoms with Crippen molar-refractivity contribution < 1.29 is 23.1 Å². The third-order valence-corrected chi connectivity index (χ3v) is 2.61. The van der Waals surface area contributed by atoms with Gasteiger partial charge in [-0.15, -0.1) is 13.2 Å². The number of alkyl halides is 3. The summed E-state index contributed by atoms with van der Waals surface area (Å²) in [7, 11) is 0. The number of nitrogens with one attached hydrogen (secondary N) is 1.